The van der Waals surface area contributed by atoms with Crippen LogP contribution in [0, 0.1) is 0 Å². The molecule has 114 valence electrons. The van der Waals surface area contributed by atoms with Gasteiger partial charge in [0, 0.05) is 25.1 Å². The van der Waals surface area contributed by atoms with Crippen LogP contribution in [0.25, 0.3) is 0 Å². The Bertz CT molecular complexity index is 391. The lowest BCUT2D eigenvalue weighted by Gasteiger charge is -2.21. The lowest BCUT2D eigenvalue weighted by Crippen LogP contribution is -2.34. The van der Waals surface area contributed by atoms with Crippen molar-refractivity contribution >= 4 is 11.9 Å². The van der Waals surface area contributed by atoms with E-state index in [1.54, 1.807) is 19.9 Å². The third kappa shape index (κ3) is 6.47. The molecule has 0 fully saturated rings. The van der Waals surface area contributed by atoms with Gasteiger partial charge in [0.05, 0.1) is 19.8 Å². The summed E-state index contributed by atoms with van der Waals surface area (Å²) in [4.78, 5) is 24.4. The zero-order valence-corrected chi connectivity index (χ0v) is 12.2. The SMILES string of the molecule is C/C=C(\CC/C(F)=C/C(=O)OC)C(=O)N(CC)CCO. The van der Waals surface area contributed by atoms with Crippen LogP contribution in [0.15, 0.2) is 23.6 Å². The van der Waals surface area contributed by atoms with Gasteiger partial charge in [-0.05, 0) is 20.3 Å². The molecule has 0 saturated heterocycles. The van der Waals surface area contributed by atoms with Gasteiger partial charge in [0.15, 0.2) is 0 Å². The Labute approximate surface area is 118 Å². The van der Waals surface area contributed by atoms with Crippen LogP contribution >= 0.6 is 0 Å². The molecule has 0 spiro atoms. The average Bonchev–Trinajstić information content (AvgIpc) is 2.44. The fraction of sp³-hybridized carbons (Fsp3) is 0.571. The lowest BCUT2D eigenvalue weighted by molar-refractivity contribution is -0.135. The summed E-state index contributed by atoms with van der Waals surface area (Å²) in [5.74, 6) is -1.62. The summed E-state index contributed by atoms with van der Waals surface area (Å²) in [6, 6.07) is 0. The highest BCUT2D eigenvalue weighted by Gasteiger charge is 2.16. The van der Waals surface area contributed by atoms with E-state index in [0.29, 0.717) is 12.1 Å². The number of carbonyl (C=O) groups is 2. The third-order valence-corrected chi connectivity index (χ3v) is 2.77. The zero-order valence-electron chi connectivity index (χ0n) is 12.2. The molecular formula is C14H22FNO4. The van der Waals surface area contributed by atoms with Crippen molar-refractivity contribution in [3.63, 3.8) is 0 Å². The third-order valence-electron chi connectivity index (χ3n) is 2.77. The molecule has 5 nitrogen and oxygen atoms in total. The summed E-state index contributed by atoms with van der Waals surface area (Å²) in [5.41, 5.74) is 0.453. The first-order valence-corrected chi connectivity index (χ1v) is 6.49. The summed E-state index contributed by atoms with van der Waals surface area (Å²) in [6.07, 6.45) is 2.53. The van der Waals surface area contributed by atoms with Crippen molar-refractivity contribution in [3.05, 3.63) is 23.6 Å². The van der Waals surface area contributed by atoms with Crippen molar-refractivity contribution in [2.45, 2.75) is 26.7 Å². The van der Waals surface area contributed by atoms with Crippen LogP contribution in [-0.2, 0) is 14.3 Å². The zero-order chi connectivity index (χ0) is 15.5. The second-order valence-corrected chi connectivity index (χ2v) is 4.04. The Morgan fingerprint density at radius 3 is 2.45 bits per heavy atom. The molecule has 0 bridgehead atoms. The molecule has 1 N–H and O–H groups in total. The highest BCUT2D eigenvalue weighted by molar-refractivity contribution is 5.93. The summed E-state index contributed by atoms with van der Waals surface area (Å²) < 4.78 is 17.7. The summed E-state index contributed by atoms with van der Waals surface area (Å²) in [7, 11) is 1.17. The second kappa shape index (κ2) is 10.1. The number of ether oxygens (including phenoxy) is 1. The first kappa shape index (κ1) is 18.3. The van der Waals surface area contributed by atoms with Gasteiger partial charge in [0.1, 0.15) is 5.83 Å². The number of likely N-dealkylation sites (N-methyl/N-ethyl adjacent to an activating group) is 1. The van der Waals surface area contributed by atoms with Crippen LogP contribution in [0.3, 0.4) is 0 Å². The molecule has 0 radical (unpaired) electrons. The molecule has 0 aliphatic rings. The first-order chi connectivity index (χ1) is 9.49. The second-order valence-electron chi connectivity index (χ2n) is 4.04. The van der Waals surface area contributed by atoms with Crippen molar-refractivity contribution in [2.24, 2.45) is 0 Å². The predicted octanol–water partition coefficient (Wildman–Crippen LogP) is 1.58. The molecule has 0 atom stereocenters. The van der Waals surface area contributed by atoms with Gasteiger partial charge in [0.25, 0.3) is 0 Å². The quantitative estimate of drug-likeness (QED) is 0.543. The van der Waals surface area contributed by atoms with Gasteiger partial charge in [0.2, 0.25) is 5.91 Å². The summed E-state index contributed by atoms with van der Waals surface area (Å²) in [6.45, 7) is 4.10. The average molecular weight is 287 g/mol. The van der Waals surface area contributed by atoms with Gasteiger partial charge < -0.3 is 14.7 Å². The van der Waals surface area contributed by atoms with E-state index in [1.807, 2.05) is 0 Å². The fourth-order valence-electron chi connectivity index (χ4n) is 1.61. The smallest absolute Gasteiger partial charge is 0.333 e. The Morgan fingerprint density at radius 1 is 1.35 bits per heavy atom. The van der Waals surface area contributed by atoms with Crippen LogP contribution in [0.1, 0.15) is 26.7 Å². The molecule has 0 aliphatic heterocycles. The summed E-state index contributed by atoms with van der Waals surface area (Å²) >= 11 is 0. The number of allylic oxidation sites excluding steroid dienone is 2. The van der Waals surface area contributed by atoms with Gasteiger partial charge in [-0.15, -0.1) is 0 Å². The Morgan fingerprint density at radius 2 is 2.00 bits per heavy atom. The van der Waals surface area contributed by atoms with Crippen molar-refractivity contribution < 1.29 is 23.8 Å². The van der Waals surface area contributed by atoms with Crippen molar-refractivity contribution in [2.75, 3.05) is 26.8 Å². The highest BCUT2D eigenvalue weighted by atomic mass is 19.1. The number of hydrogen-bond donors (Lipinski definition) is 1. The van der Waals surface area contributed by atoms with E-state index in [4.69, 9.17) is 5.11 Å². The van der Waals surface area contributed by atoms with E-state index in [0.717, 1.165) is 6.08 Å². The van der Waals surface area contributed by atoms with Gasteiger partial charge in [-0.1, -0.05) is 6.08 Å². The maximum atomic E-state index is 13.4. The molecular weight excluding hydrogens is 265 g/mol. The molecule has 0 aromatic carbocycles. The van der Waals surface area contributed by atoms with Crippen LogP contribution in [0.5, 0.6) is 0 Å². The lowest BCUT2D eigenvalue weighted by atomic mass is 10.1. The van der Waals surface area contributed by atoms with Crippen molar-refractivity contribution in [1.29, 1.82) is 0 Å². The predicted molar refractivity (Wildman–Crippen MR) is 73.5 cm³/mol. The monoisotopic (exact) mass is 287 g/mol. The molecule has 0 aromatic heterocycles. The van der Waals surface area contributed by atoms with Gasteiger partial charge in [-0.3, -0.25) is 4.79 Å². The largest absolute Gasteiger partial charge is 0.466 e. The van der Waals surface area contributed by atoms with E-state index in [2.05, 4.69) is 4.74 Å². The summed E-state index contributed by atoms with van der Waals surface area (Å²) in [5, 5.41) is 8.88. The molecule has 6 heteroatoms. The molecule has 20 heavy (non-hydrogen) atoms. The number of nitrogens with zero attached hydrogens (tertiary/aromatic N) is 1. The number of hydrogen-bond acceptors (Lipinski definition) is 4. The Kier molecular flexibility index (Phi) is 9.28. The Balaban J connectivity index is 4.60. The van der Waals surface area contributed by atoms with Crippen molar-refractivity contribution in [1.82, 2.24) is 4.90 Å². The molecule has 1 amide bonds. The number of aliphatic hydroxyl groups excluding tert-OH is 1. The number of rotatable bonds is 8. The first-order valence-electron chi connectivity index (χ1n) is 6.49. The molecule has 0 heterocycles. The molecule has 0 saturated carbocycles. The van der Waals surface area contributed by atoms with E-state index < -0.39 is 11.8 Å². The number of methoxy groups -OCH3 is 1. The van der Waals surface area contributed by atoms with E-state index in [9.17, 15) is 14.0 Å². The molecule has 0 aromatic rings. The number of aliphatic hydroxyl groups is 1. The molecule has 0 unspecified atom stereocenters. The van der Waals surface area contributed by atoms with E-state index in [1.165, 1.54) is 12.0 Å². The van der Waals surface area contributed by atoms with Crippen molar-refractivity contribution in [3.8, 4) is 0 Å². The van der Waals surface area contributed by atoms with Gasteiger partial charge in [-0.25, -0.2) is 9.18 Å². The van der Waals surface area contributed by atoms with Crippen LogP contribution < -0.4 is 0 Å². The maximum absolute atomic E-state index is 13.4. The number of amides is 1. The fourth-order valence-corrected chi connectivity index (χ4v) is 1.61. The molecule has 0 aliphatic carbocycles. The number of halogens is 1. The topological polar surface area (TPSA) is 66.8 Å². The van der Waals surface area contributed by atoms with E-state index in [-0.39, 0.29) is 31.9 Å². The minimum absolute atomic E-state index is 0.0445. The minimum atomic E-state index is -0.758. The van der Waals surface area contributed by atoms with Gasteiger partial charge >= 0.3 is 5.97 Å². The number of esters is 1. The Hall–Kier alpha value is -1.69. The van der Waals surface area contributed by atoms with Gasteiger partial charge in [-0.2, -0.15) is 0 Å². The molecule has 0 rings (SSSR count). The highest BCUT2D eigenvalue weighted by Crippen LogP contribution is 2.15. The standard InChI is InChI=1S/C14H22FNO4/c1-4-11(14(19)16(5-2)8-9-17)6-7-12(15)10-13(18)20-3/h4,10,17H,5-9H2,1-3H3/b11-4+,12-10-. The minimum Gasteiger partial charge on any atom is -0.466 e. The van der Waals surface area contributed by atoms with Crippen LogP contribution in [0.4, 0.5) is 4.39 Å². The maximum Gasteiger partial charge on any atom is 0.333 e. The van der Waals surface area contributed by atoms with E-state index >= 15 is 0 Å². The van der Waals surface area contributed by atoms with Crippen LogP contribution in [-0.4, -0.2) is 48.7 Å². The normalized spacial score (nSPS) is 12.2. The number of carbonyl (C=O) groups excluding carboxylic acids is 2. The van der Waals surface area contributed by atoms with Crippen LogP contribution in [0.2, 0.25) is 0 Å².